The number of sulfone groups is 1. The molecule has 0 saturated heterocycles. The number of carbonyl (C=O) groups excluding carboxylic acids is 1. The molecule has 0 aromatic heterocycles. The molecule has 5 nitrogen and oxygen atoms in total. The lowest BCUT2D eigenvalue weighted by molar-refractivity contribution is 0.102. The van der Waals surface area contributed by atoms with Crippen LogP contribution in [0.3, 0.4) is 0 Å². The Hall–Kier alpha value is -1.55. The molecule has 0 aliphatic heterocycles. The molecule has 3 atom stereocenters. The number of amides is 1. The SMILES string of the molecule is O=C(Nc1ccc(F)c(Br)c1)c1ccc(Cl)c(S(=O)(=O)C2CC(O)C(F)C2)c1. The van der Waals surface area contributed by atoms with Crippen molar-refractivity contribution in [3.05, 3.63) is 57.3 Å². The highest BCUT2D eigenvalue weighted by Gasteiger charge is 2.42. The predicted octanol–water partition coefficient (Wildman–Crippen LogP) is 4.13. The zero-order chi connectivity index (χ0) is 20.6. The molecule has 1 aliphatic carbocycles. The standard InChI is InChI=1S/C18H15BrClF2NO4S/c19-12-6-10(2-4-14(12)21)23-18(25)9-1-3-13(20)17(5-9)28(26,27)11-7-15(22)16(24)8-11/h1-6,11,15-16,24H,7-8H2,(H,23,25). The fourth-order valence-electron chi connectivity index (χ4n) is 2.99. The molecule has 0 heterocycles. The van der Waals surface area contributed by atoms with Crippen LogP contribution in [0.1, 0.15) is 23.2 Å². The van der Waals surface area contributed by atoms with Gasteiger partial charge < -0.3 is 10.4 Å². The molecule has 2 N–H and O–H groups in total. The molecule has 28 heavy (non-hydrogen) atoms. The van der Waals surface area contributed by atoms with Crippen molar-refractivity contribution in [1.82, 2.24) is 0 Å². The first-order chi connectivity index (χ1) is 13.1. The minimum Gasteiger partial charge on any atom is -0.390 e. The van der Waals surface area contributed by atoms with Gasteiger partial charge in [-0.05, 0) is 65.2 Å². The molecule has 3 rings (SSSR count). The number of benzene rings is 2. The topological polar surface area (TPSA) is 83.5 Å². The van der Waals surface area contributed by atoms with Gasteiger partial charge in [-0.3, -0.25) is 4.79 Å². The van der Waals surface area contributed by atoms with E-state index in [1.807, 2.05) is 0 Å². The molecule has 1 amide bonds. The van der Waals surface area contributed by atoms with Crippen molar-refractivity contribution >= 4 is 49.0 Å². The van der Waals surface area contributed by atoms with Crippen molar-refractivity contribution in [1.29, 1.82) is 0 Å². The van der Waals surface area contributed by atoms with Gasteiger partial charge in [-0.2, -0.15) is 0 Å². The maximum atomic E-state index is 13.6. The minimum absolute atomic E-state index is 0.0127. The minimum atomic E-state index is -4.05. The van der Waals surface area contributed by atoms with Crippen molar-refractivity contribution in [3.63, 3.8) is 0 Å². The number of halogens is 4. The van der Waals surface area contributed by atoms with Gasteiger partial charge in [-0.15, -0.1) is 0 Å². The Morgan fingerprint density at radius 3 is 2.54 bits per heavy atom. The summed E-state index contributed by atoms with van der Waals surface area (Å²) in [4.78, 5) is 12.2. The second-order valence-corrected chi connectivity index (χ2v) is 9.91. The second kappa shape index (κ2) is 8.06. The van der Waals surface area contributed by atoms with Crippen molar-refractivity contribution < 1.29 is 27.1 Å². The average Bonchev–Trinajstić information content (AvgIpc) is 2.98. The summed E-state index contributed by atoms with van der Waals surface area (Å²) in [6.45, 7) is 0. The summed E-state index contributed by atoms with van der Waals surface area (Å²) in [6, 6.07) is 7.60. The molecule has 0 spiro atoms. The lowest BCUT2D eigenvalue weighted by atomic mass is 10.2. The smallest absolute Gasteiger partial charge is 0.255 e. The number of aliphatic hydroxyl groups excluding tert-OH is 1. The number of aliphatic hydroxyl groups is 1. The Morgan fingerprint density at radius 1 is 1.21 bits per heavy atom. The fourth-order valence-corrected chi connectivity index (χ4v) is 5.69. The molecule has 10 heteroatoms. The van der Waals surface area contributed by atoms with E-state index in [9.17, 15) is 27.1 Å². The van der Waals surface area contributed by atoms with Gasteiger partial charge in [0.15, 0.2) is 9.84 Å². The molecule has 0 bridgehead atoms. The van der Waals surface area contributed by atoms with Crippen LogP contribution < -0.4 is 5.32 Å². The first-order valence-electron chi connectivity index (χ1n) is 8.21. The number of nitrogens with one attached hydrogen (secondary N) is 1. The summed E-state index contributed by atoms with van der Waals surface area (Å²) in [5.41, 5.74) is 0.315. The molecule has 3 unspecified atom stereocenters. The molecule has 1 saturated carbocycles. The highest BCUT2D eigenvalue weighted by atomic mass is 79.9. The van der Waals surface area contributed by atoms with E-state index in [1.54, 1.807) is 0 Å². The molecule has 2 aromatic rings. The first-order valence-corrected chi connectivity index (χ1v) is 10.9. The third-order valence-electron chi connectivity index (χ3n) is 4.53. The maximum Gasteiger partial charge on any atom is 0.255 e. The predicted molar refractivity (Wildman–Crippen MR) is 105 cm³/mol. The van der Waals surface area contributed by atoms with Gasteiger partial charge in [0.2, 0.25) is 0 Å². The lowest BCUT2D eigenvalue weighted by Gasteiger charge is -2.14. The van der Waals surface area contributed by atoms with Gasteiger partial charge in [0.05, 0.1) is 25.7 Å². The monoisotopic (exact) mass is 493 g/mol. The number of hydrogen-bond acceptors (Lipinski definition) is 4. The molecule has 1 fully saturated rings. The number of alkyl halides is 1. The molecule has 1 aliphatic rings. The summed E-state index contributed by atoms with van der Waals surface area (Å²) < 4.78 is 52.7. The van der Waals surface area contributed by atoms with Gasteiger partial charge in [-0.1, -0.05) is 11.6 Å². The van der Waals surface area contributed by atoms with Crippen molar-refractivity contribution in [3.8, 4) is 0 Å². The van der Waals surface area contributed by atoms with Gasteiger partial charge in [0, 0.05) is 11.3 Å². The molecular formula is C18H15BrClF2NO4S. The quantitative estimate of drug-likeness (QED) is 0.669. The summed E-state index contributed by atoms with van der Waals surface area (Å²) in [5.74, 6) is -1.12. The highest BCUT2D eigenvalue weighted by molar-refractivity contribution is 9.10. The highest BCUT2D eigenvalue weighted by Crippen LogP contribution is 2.35. The average molecular weight is 495 g/mol. The maximum absolute atomic E-state index is 13.6. The third kappa shape index (κ3) is 4.22. The van der Waals surface area contributed by atoms with E-state index >= 15 is 0 Å². The fraction of sp³-hybridized carbons (Fsp3) is 0.278. The van der Waals surface area contributed by atoms with Crippen LogP contribution >= 0.6 is 27.5 Å². The molecule has 150 valence electrons. The van der Waals surface area contributed by atoms with E-state index in [0.717, 1.165) is 12.1 Å². The van der Waals surface area contributed by atoms with E-state index in [-0.39, 0.29) is 32.8 Å². The number of anilines is 1. The first kappa shape index (κ1) is 21.2. The Kier molecular flexibility index (Phi) is 6.09. The summed E-state index contributed by atoms with van der Waals surface area (Å²) in [6.07, 6.45) is -3.54. The van der Waals surface area contributed by atoms with Crippen molar-refractivity contribution in [2.24, 2.45) is 0 Å². The van der Waals surface area contributed by atoms with E-state index in [1.165, 1.54) is 24.3 Å². The molecule has 2 aromatic carbocycles. The van der Waals surface area contributed by atoms with Crippen LogP contribution in [0.25, 0.3) is 0 Å². The van der Waals surface area contributed by atoms with Crippen LogP contribution in [-0.2, 0) is 9.84 Å². The second-order valence-electron chi connectivity index (χ2n) is 6.45. The van der Waals surface area contributed by atoms with Crippen LogP contribution in [0.4, 0.5) is 14.5 Å². The summed E-state index contributed by atoms with van der Waals surface area (Å²) in [7, 11) is -4.05. The van der Waals surface area contributed by atoms with E-state index in [2.05, 4.69) is 21.2 Å². The normalized spacial score (nSPS) is 22.2. The summed E-state index contributed by atoms with van der Waals surface area (Å²) in [5, 5.41) is 10.8. The zero-order valence-electron chi connectivity index (χ0n) is 14.2. The Labute approximate surface area is 173 Å². The number of rotatable bonds is 4. The van der Waals surface area contributed by atoms with Gasteiger partial charge in [-0.25, -0.2) is 17.2 Å². The number of carbonyl (C=O) groups is 1. The van der Waals surface area contributed by atoms with Crippen LogP contribution in [0, 0.1) is 5.82 Å². The number of hydrogen-bond donors (Lipinski definition) is 2. The Balaban J connectivity index is 1.88. The molecule has 0 radical (unpaired) electrons. The zero-order valence-corrected chi connectivity index (χ0v) is 17.4. The van der Waals surface area contributed by atoms with Crippen molar-refractivity contribution in [2.75, 3.05) is 5.32 Å². The van der Waals surface area contributed by atoms with Crippen LogP contribution in [0.5, 0.6) is 0 Å². The van der Waals surface area contributed by atoms with E-state index in [0.29, 0.717) is 5.69 Å². The van der Waals surface area contributed by atoms with Crippen LogP contribution in [0.2, 0.25) is 5.02 Å². The lowest BCUT2D eigenvalue weighted by Crippen LogP contribution is -2.20. The van der Waals surface area contributed by atoms with Gasteiger partial charge in [0.1, 0.15) is 12.0 Å². The van der Waals surface area contributed by atoms with Crippen LogP contribution in [-0.4, -0.2) is 37.0 Å². The molecular weight excluding hydrogens is 480 g/mol. The van der Waals surface area contributed by atoms with Crippen LogP contribution in [0.15, 0.2) is 45.8 Å². The summed E-state index contributed by atoms with van der Waals surface area (Å²) >= 11 is 9.03. The Morgan fingerprint density at radius 2 is 1.93 bits per heavy atom. The van der Waals surface area contributed by atoms with E-state index in [4.69, 9.17) is 11.6 Å². The largest absolute Gasteiger partial charge is 0.390 e. The van der Waals surface area contributed by atoms with Crippen molar-refractivity contribution in [2.45, 2.75) is 35.3 Å². The van der Waals surface area contributed by atoms with Gasteiger partial charge >= 0.3 is 0 Å². The van der Waals surface area contributed by atoms with E-state index < -0.39 is 39.1 Å². The third-order valence-corrected chi connectivity index (χ3v) is 7.79. The Bertz CT molecular complexity index is 1020. The van der Waals surface area contributed by atoms with Gasteiger partial charge in [0.25, 0.3) is 5.91 Å².